The molecular weight excluding hydrogens is 375 g/mol. The normalized spacial score (nSPS) is 15.5. The van der Waals surface area contributed by atoms with Gasteiger partial charge in [0.05, 0.1) is 6.61 Å². The number of nitrogens with one attached hydrogen (secondary N) is 1. The second kappa shape index (κ2) is 11.8. The highest BCUT2D eigenvalue weighted by atomic mass is 31.2. The van der Waals surface area contributed by atoms with Gasteiger partial charge < -0.3 is 26.2 Å². The summed E-state index contributed by atoms with van der Waals surface area (Å²) in [4.78, 5) is 33.3. The van der Waals surface area contributed by atoms with Crippen molar-refractivity contribution in [3.8, 4) is 0 Å². The lowest BCUT2D eigenvalue weighted by Crippen LogP contribution is -2.39. The number of aliphatic carboxylic acids is 1. The lowest BCUT2D eigenvalue weighted by atomic mass is 10.1. The summed E-state index contributed by atoms with van der Waals surface area (Å²) in [5.74, 6) is -3.55. The Labute approximate surface area is 158 Å². The van der Waals surface area contributed by atoms with Crippen molar-refractivity contribution in [2.75, 3.05) is 13.2 Å². The summed E-state index contributed by atoms with van der Waals surface area (Å²) < 4.78 is 17.2. The smallest absolute Gasteiger partial charge is 0.353 e. The Balaban J connectivity index is 2.63. The zero-order chi connectivity index (χ0) is 20.3. The van der Waals surface area contributed by atoms with Gasteiger partial charge in [0.2, 0.25) is 5.91 Å². The first-order valence-corrected chi connectivity index (χ1v) is 10.3. The van der Waals surface area contributed by atoms with Gasteiger partial charge in [-0.3, -0.25) is 13.9 Å². The molecule has 0 aromatic heterocycles. The average molecular weight is 402 g/mol. The van der Waals surface area contributed by atoms with Gasteiger partial charge in [0, 0.05) is 6.42 Å². The van der Waals surface area contributed by atoms with E-state index in [0.29, 0.717) is 25.8 Å². The van der Waals surface area contributed by atoms with Crippen LogP contribution in [0.5, 0.6) is 0 Å². The molecule has 1 aromatic carbocycles. The van der Waals surface area contributed by atoms with Crippen LogP contribution in [-0.2, 0) is 25.1 Å². The molecule has 152 valence electrons. The van der Waals surface area contributed by atoms with Crippen molar-refractivity contribution in [2.45, 2.75) is 44.0 Å². The van der Waals surface area contributed by atoms with Crippen LogP contribution in [0.4, 0.5) is 0 Å². The summed E-state index contributed by atoms with van der Waals surface area (Å²) in [6.45, 7) is -0.500. The van der Waals surface area contributed by atoms with Gasteiger partial charge in [0.15, 0.2) is 11.9 Å². The standard InChI is InChI=1S/C17H27N2O7P/c18-11-5-4-8-14(17(22)23)26-27(24,25)16(12-20)19-15(21)10-9-13-6-2-1-3-7-13/h1-3,6-7,14,16,20H,4-5,8-12,18H2,(H,19,21)(H,22,23)(H,24,25)/t14-,16?/m1/s1. The van der Waals surface area contributed by atoms with E-state index >= 15 is 0 Å². The number of carboxylic acids is 1. The third kappa shape index (κ3) is 8.64. The van der Waals surface area contributed by atoms with Crippen LogP contribution in [0.3, 0.4) is 0 Å². The van der Waals surface area contributed by atoms with Crippen LogP contribution in [-0.4, -0.2) is 52.0 Å². The van der Waals surface area contributed by atoms with Gasteiger partial charge >= 0.3 is 13.6 Å². The maximum absolute atomic E-state index is 12.4. The van der Waals surface area contributed by atoms with Crippen LogP contribution in [0.1, 0.15) is 31.2 Å². The fraction of sp³-hybridized carbons (Fsp3) is 0.529. The topological polar surface area (TPSA) is 159 Å². The lowest BCUT2D eigenvalue weighted by molar-refractivity contribution is -0.145. The second-order valence-corrected chi connectivity index (χ2v) is 7.99. The predicted molar refractivity (Wildman–Crippen MR) is 99.0 cm³/mol. The summed E-state index contributed by atoms with van der Waals surface area (Å²) in [5, 5.41) is 20.8. The molecule has 0 spiro atoms. The summed E-state index contributed by atoms with van der Waals surface area (Å²) >= 11 is 0. The van der Waals surface area contributed by atoms with Crippen molar-refractivity contribution >= 4 is 19.5 Å². The van der Waals surface area contributed by atoms with Crippen LogP contribution in [0.25, 0.3) is 0 Å². The van der Waals surface area contributed by atoms with Crippen molar-refractivity contribution in [1.82, 2.24) is 5.32 Å². The maximum Gasteiger partial charge on any atom is 0.353 e. The first-order chi connectivity index (χ1) is 12.8. The monoisotopic (exact) mass is 402 g/mol. The molecule has 3 atom stereocenters. The van der Waals surface area contributed by atoms with Crippen LogP contribution in [0, 0.1) is 0 Å². The van der Waals surface area contributed by atoms with E-state index in [9.17, 15) is 24.2 Å². The van der Waals surface area contributed by atoms with E-state index in [1.807, 2.05) is 30.3 Å². The number of carbonyl (C=O) groups is 2. The Morgan fingerprint density at radius 1 is 1.22 bits per heavy atom. The average Bonchev–Trinajstić information content (AvgIpc) is 2.64. The van der Waals surface area contributed by atoms with Crippen LogP contribution in [0.2, 0.25) is 0 Å². The maximum atomic E-state index is 12.4. The van der Waals surface area contributed by atoms with E-state index in [4.69, 9.17) is 15.4 Å². The predicted octanol–water partition coefficient (Wildman–Crippen LogP) is 0.838. The van der Waals surface area contributed by atoms with E-state index in [1.54, 1.807) is 0 Å². The molecule has 0 aliphatic heterocycles. The largest absolute Gasteiger partial charge is 0.479 e. The van der Waals surface area contributed by atoms with Crippen LogP contribution < -0.4 is 11.1 Å². The number of aliphatic hydroxyl groups excluding tert-OH is 1. The van der Waals surface area contributed by atoms with Crippen molar-refractivity contribution in [2.24, 2.45) is 5.73 Å². The van der Waals surface area contributed by atoms with Gasteiger partial charge in [0.1, 0.15) is 0 Å². The number of carbonyl (C=O) groups excluding carboxylic acids is 1. The molecule has 1 aromatic rings. The highest BCUT2D eigenvalue weighted by Gasteiger charge is 2.37. The third-order valence-electron chi connectivity index (χ3n) is 3.85. The highest BCUT2D eigenvalue weighted by molar-refractivity contribution is 7.53. The summed E-state index contributed by atoms with van der Waals surface area (Å²) in [6, 6.07) is 9.19. The molecule has 0 heterocycles. The van der Waals surface area contributed by atoms with Gasteiger partial charge in [-0.1, -0.05) is 30.3 Å². The number of amides is 1. The van der Waals surface area contributed by atoms with Crippen LogP contribution in [0.15, 0.2) is 30.3 Å². The quantitative estimate of drug-likeness (QED) is 0.240. The number of aryl methyl sites for hydroxylation is 1. The zero-order valence-corrected chi connectivity index (χ0v) is 15.9. The number of aliphatic hydroxyl groups is 1. The summed E-state index contributed by atoms with van der Waals surface area (Å²) in [7, 11) is -4.60. The number of benzene rings is 1. The summed E-state index contributed by atoms with van der Waals surface area (Å²) in [5.41, 5.74) is 6.26. The number of hydrogen-bond donors (Lipinski definition) is 5. The Morgan fingerprint density at radius 2 is 1.89 bits per heavy atom. The second-order valence-electron chi connectivity index (χ2n) is 6.03. The van der Waals surface area contributed by atoms with E-state index in [1.165, 1.54) is 0 Å². The summed E-state index contributed by atoms with van der Waals surface area (Å²) in [6.07, 6.45) is -0.125. The number of unbranched alkanes of at least 4 members (excludes halogenated alkanes) is 1. The molecule has 0 aliphatic carbocycles. The molecular formula is C17H27N2O7P. The van der Waals surface area contributed by atoms with Crippen LogP contribution >= 0.6 is 7.60 Å². The third-order valence-corrected chi connectivity index (χ3v) is 5.49. The SMILES string of the molecule is NCCCC[C@@H](OP(=O)(O)C(CO)NC(=O)CCc1ccccc1)C(=O)O. The van der Waals surface area contributed by atoms with Gasteiger partial charge in [-0.2, -0.15) is 0 Å². The Bertz CT molecular complexity index is 641. The molecule has 6 N–H and O–H groups in total. The molecule has 9 nitrogen and oxygen atoms in total. The molecule has 10 heteroatoms. The molecule has 0 aliphatic rings. The molecule has 0 bridgehead atoms. The van der Waals surface area contributed by atoms with E-state index in [0.717, 1.165) is 5.56 Å². The molecule has 1 amide bonds. The van der Waals surface area contributed by atoms with Crippen molar-refractivity contribution in [1.29, 1.82) is 0 Å². The molecule has 0 saturated heterocycles. The molecule has 0 radical (unpaired) electrons. The van der Waals surface area contributed by atoms with E-state index < -0.39 is 38.0 Å². The number of rotatable bonds is 13. The van der Waals surface area contributed by atoms with Gasteiger partial charge in [0.25, 0.3) is 0 Å². The minimum Gasteiger partial charge on any atom is -0.479 e. The van der Waals surface area contributed by atoms with Crippen molar-refractivity contribution < 1.29 is 33.8 Å². The van der Waals surface area contributed by atoms with Gasteiger partial charge in [-0.25, -0.2) is 4.79 Å². The minimum atomic E-state index is -4.60. The number of carboxylic acid groups (broad SMARTS) is 1. The fourth-order valence-corrected chi connectivity index (χ4v) is 3.56. The highest BCUT2D eigenvalue weighted by Crippen LogP contribution is 2.48. The fourth-order valence-electron chi connectivity index (χ4n) is 2.34. The van der Waals surface area contributed by atoms with E-state index in [2.05, 4.69) is 5.32 Å². The molecule has 1 rings (SSSR count). The Hall–Kier alpha value is -1.77. The molecule has 0 fully saturated rings. The molecule has 2 unspecified atom stereocenters. The van der Waals surface area contributed by atoms with Gasteiger partial charge in [-0.05, 0) is 37.8 Å². The van der Waals surface area contributed by atoms with Crippen molar-refractivity contribution in [3.05, 3.63) is 35.9 Å². The van der Waals surface area contributed by atoms with Gasteiger partial charge in [-0.15, -0.1) is 0 Å². The molecule has 0 saturated carbocycles. The zero-order valence-electron chi connectivity index (χ0n) is 15.0. The minimum absolute atomic E-state index is 0.00279. The Kier molecular flexibility index (Phi) is 10.2. The number of hydrogen-bond acceptors (Lipinski definition) is 6. The first kappa shape index (κ1) is 23.3. The van der Waals surface area contributed by atoms with E-state index in [-0.39, 0.29) is 12.8 Å². The van der Waals surface area contributed by atoms with Crippen molar-refractivity contribution in [3.63, 3.8) is 0 Å². The Morgan fingerprint density at radius 3 is 2.44 bits per heavy atom. The number of nitrogens with two attached hydrogens (primary N) is 1. The lowest BCUT2D eigenvalue weighted by Gasteiger charge is -2.24. The first-order valence-electron chi connectivity index (χ1n) is 8.68. The molecule has 27 heavy (non-hydrogen) atoms.